The molecule has 1 rings (SSSR count). The second kappa shape index (κ2) is 3.06. The number of carbonyl (C=O) groups is 1. The van der Waals surface area contributed by atoms with E-state index in [0.29, 0.717) is 5.69 Å². The van der Waals surface area contributed by atoms with Crippen LogP contribution in [0.3, 0.4) is 0 Å². The van der Waals surface area contributed by atoms with Gasteiger partial charge in [-0.3, -0.25) is 0 Å². The van der Waals surface area contributed by atoms with Crippen molar-refractivity contribution in [2.24, 2.45) is 0 Å². The van der Waals surface area contributed by atoms with Gasteiger partial charge in [-0.15, -0.1) is 0 Å². The van der Waals surface area contributed by atoms with Crippen molar-refractivity contribution in [3.8, 4) is 0 Å². The standard InChI is InChI=1S/C7H5ClFNO2/c1-3-2-4(8)5(9)6(10-3)7(11)12/h2H,1H3,(H,11,12). The van der Waals surface area contributed by atoms with Gasteiger partial charge in [-0.2, -0.15) is 0 Å². The van der Waals surface area contributed by atoms with Gasteiger partial charge in [0, 0.05) is 5.69 Å². The van der Waals surface area contributed by atoms with Gasteiger partial charge < -0.3 is 5.11 Å². The Morgan fingerprint density at radius 1 is 1.75 bits per heavy atom. The summed E-state index contributed by atoms with van der Waals surface area (Å²) < 4.78 is 12.9. The minimum Gasteiger partial charge on any atom is -0.476 e. The van der Waals surface area contributed by atoms with Gasteiger partial charge in [-0.1, -0.05) is 11.6 Å². The van der Waals surface area contributed by atoms with Crippen molar-refractivity contribution in [2.75, 3.05) is 0 Å². The van der Waals surface area contributed by atoms with Gasteiger partial charge >= 0.3 is 5.97 Å². The van der Waals surface area contributed by atoms with Crippen LogP contribution in [0, 0.1) is 12.7 Å². The second-order valence-corrected chi connectivity index (χ2v) is 2.62. The highest BCUT2D eigenvalue weighted by Crippen LogP contribution is 2.17. The number of hydrogen-bond donors (Lipinski definition) is 1. The molecule has 0 saturated carbocycles. The Balaban J connectivity index is 3.37. The van der Waals surface area contributed by atoms with Gasteiger partial charge in [-0.25, -0.2) is 14.2 Å². The third-order valence-corrected chi connectivity index (χ3v) is 1.52. The van der Waals surface area contributed by atoms with E-state index in [1.165, 1.54) is 13.0 Å². The first-order chi connectivity index (χ1) is 5.52. The number of carboxylic acids is 1. The first-order valence-corrected chi connectivity index (χ1v) is 3.46. The fourth-order valence-corrected chi connectivity index (χ4v) is 1.01. The van der Waals surface area contributed by atoms with Crippen molar-refractivity contribution >= 4 is 17.6 Å². The monoisotopic (exact) mass is 189 g/mol. The minimum absolute atomic E-state index is 0.222. The lowest BCUT2D eigenvalue weighted by molar-refractivity contribution is 0.0684. The van der Waals surface area contributed by atoms with E-state index >= 15 is 0 Å². The number of nitrogens with zero attached hydrogens (tertiary/aromatic N) is 1. The number of carboxylic acid groups (broad SMARTS) is 1. The SMILES string of the molecule is Cc1cc(Cl)c(F)c(C(=O)O)n1. The zero-order valence-electron chi connectivity index (χ0n) is 6.14. The number of rotatable bonds is 1. The molecule has 0 aromatic carbocycles. The average Bonchev–Trinajstić information content (AvgIpc) is 1.96. The van der Waals surface area contributed by atoms with E-state index in [0.717, 1.165) is 0 Å². The van der Waals surface area contributed by atoms with Gasteiger partial charge in [0.15, 0.2) is 11.5 Å². The number of halogens is 2. The number of aryl methyl sites for hydroxylation is 1. The van der Waals surface area contributed by atoms with Crippen molar-refractivity contribution in [3.63, 3.8) is 0 Å². The zero-order chi connectivity index (χ0) is 9.30. The maximum Gasteiger partial charge on any atom is 0.357 e. The van der Waals surface area contributed by atoms with E-state index < -0.39 is 17.5 Å². The summed E-state index contributed by atoms with van der Waals surface area (Å²) >= 11 is 5.38. The van der Waals surface area contributed by atoms with Crippen molar-refractivity contribution in [1.82, 2.24) is 4.98 Å². The van der Waals surface area contributed by atoms with Gasteiger partial charge in [0.1, 0.15) is 0 Å². The summed E-state index contributed by atoms with van der Waals surface area (Å²) in [5.74, 6) is -2.41. The molecule has 0 fully saturated rings. The molecular weight excluding hydrogens is 185 g/mol. The minimum atomic E-state index is -1.42. The smallest absolute Gasteiger partial charge is 0.357 e. The maximum atomic E-state index is 12.9. The van der Waals surface area contributed by atoms with E-state index in [1.54, 1.807) is 0 Å². The summed E-state index contributed by atoms with van der Waals surface area (Å²) in [6, 6.07) is 1.27. The maximum absolute atomic E-state index is 12.9. The number of pyridine rings is 1. The van der Waals surface area contributed by atoms with Crippen molar-refractivity contribution in [2.45, 2.75) is 6.92 Å². The van der Waals surface area contributed by atoms with Crippen molar-refractivity contribution in [1.29, 1.82) is 0 Å². The molecule has 0 atom stereocenters. The van der Waals surface area contributed by atoms with Crippen LogP contribution in [0.2, 0.25) is 5.02 Å². The molecular formula is C7H5ClFNO2. The Kier molecular flexibility index (Phi) is 2.28. The molecule has 0 spiro atoms. The fourth-order valence-electron chi connectivity index (χ4n) is 0.759. The molecule has 0 unspecified atom stereocenters. The van der Waals surface area contributed by atoms with Crippen LogP contribution in [0.4, 0.5) is 4.39 Å². The third-order valence-electron chi connectivity index (χ3n) is 1.24. The van der Waals surface area contributed by atoms with E-state index in [-0.39, 0.29) is 5.02 Å². The Morgan fingerprint density at radius 2 is 2.33 bits per heavy atom. The highest BCUT2D eigenvalue weighted by Gasteiger charge is 2.15. The molecule has 12 heavy (non-hydrogen) atoms. The van der Waals surface area contributed by atoms with Gasteiger partial charge in [0.2, 0.25) is 0 Å². The molecule has 1 N–H and O–H groups in total. The molecule has 0 bridgehead atoms. The average molecular weight is 190 g/mol. The van der Waals surface area contributed by atoms with Crippen LogP contribution in [0.1, 0.15) is 16.2 Å². The lowest BCUT2D eigenvalue weighted by atomic mass is 10.3. The van der Waals surface area contributed by atoms with Crippen molar-refractivity contribution < 1.29 is 14.3 Å². The number of hydrogen-bond acceptors (Lipinski definition) is 2. The van der Waals surface area contributed by atoms with E-state index in [1.807, 2.05) is 0 Å². The first kappa shape index (κ1) is 8.93. The van der Waals surface area contributed by atoms with Crippen LogP contribution >= 0.6 is 11.6 Å². The number of aromatic nitrogens is 1. The highest BCUT2D eigenvalue weighted by atomic mass is 35.5. The summed E-state index contributed by atoms with van der Waals surface area (Å²) in [5.41, 5.74) is -0.265. The Bertz CT molecular complexity index is 340. The largest absolute Gasteiger partial charge is 0.476 e. The molecule has 1 aromatic rings. The zero-order valence-corrected chi connectivity index (χ0v) is 6.89. The predicted molar refractivity (Wildman–Crippen MR) is 40.9 cm³/mol. The lowest BCUT2D eigenvalue weighted by Gasteiger charge is -1.99. The molecule has 0 aliphatic rings. The Labute approximate surface area is 72.8 Å². The summed E-state index contributed by atoms with van der Waals surface area (Å²) in [7, 11) is 0. The molecule has 1 aromatic heterocycles. The van der Waals surface area contributed by atoms with Crippen LogP contribution in [0.5, 0.6) is 0 Å². The summed E-state index contributed by atoms with van der Waals surface area (Å²) in [4.78, 5) is 13.8. The van der Waals surface area contributed by atoms with E-state index in [4.69, 9.17) is 16.7 Å². The third kappa shape index (κ3) is 1.53. The lowest BCUT2D eigenvalue weighted by Crippen LogP contribution is -2.05. The molecule has 1 heterocycles. The summed E-state index contributed by atoms with van der Waals surface area (Å²) in [6.07, 6.45) is 0. The molecule has 64 valence electrons. The van der Waals surface area contributed by atoms with Gasteiger partial charge in [0.05, 0.1) is 5.02 Å². The highest BCUT2D eigenvalue weighted by molar-refractivity contribution is 6.31. The summed E-state index contributed by atoms with van der Waals surface area (Å²) in [6.45, 7) is 1.54. The van der Waals surface area contributed by atoms with Gasteiger partial charge in [-0.05, 0) is 13.0 Å². The van der Waals surface area contributed by atoms with E-state index in [2.05, 4.69) is 4.98 Å². The van der Waals surface area contributed by atoms with Crippen LogP contribution in [0.25, 0.3) is 0 Å². The molecule has 0 aliphatic carbocycles. The molecule has 3 nitrogen and oxygen atoms in total. The topological polar surface area (TPSA) is 50.2 Å². The van der Waals surface area contributed by atoms with Crippen LogP contribution in [0.15, 0.2) is 6.07 Å². The quantitative estimate of drug-likeness (QED) is 0.734. The normalized spacial score (nSPS) is 9.92. The molecule has 5 heteroatoms. The Morgan fingerprint density at radius 3 is 2.83 bits per heavy atom. The second-order valence-electron chi connectivity index (χ2n) is 2.21. The molecule has 0 saturated heterocycles. The Hall–Kier alpha value is -1.16. The predicted octanol–water partition coefficient (Wildman–Crippen LogP) is 1.88. The van der Waals surface area contributed by atoms with Crippen LogP contribution in [-0.2, 0) is 0 Å². The molecule has 0 aliphatic heterocycles. The van der Waals surface area contributed by atoms with Gasteiger partial charge in [0.25, 0.3) is 0 Å². The fraction of sp³-hybridized carbons (Fsp3) is 0.143. The summed E-state index contributed by atoms with van der Waals surface area (Å²) in [5, 5.41) is 8.23. The molecule has 0 radical (unpaired) electrons. The van der Waals surface area contributed by atoms with Crippen molar-refractivity contribution in [3.05, 3.63) is 28.3 Å². The van der Waals surface area contributed by atoms with E-state index in [9.17, 15) is 9.18 Å². The van der Waals surface area contributed by atoms with Crippen LogP contribution in [-0.4, -0.2) is 16.1 Å². The van der Waals surface area contributed by atoms with Crippen LogP contribution < -0.4 is 0 Å². The number of aromatic carboxylic acids is 1. The molecule has 0 amide bonds. The first-order valence-electron chi connectivity index (χ1n) is 3.08.